The second-order valence-corrected chi connectivity index (χ2v) is 21.6. The van der Waals surface area contributed by atoms with Gasteiger partial charge in [0.2, 0.25) is 0 Å². The molecule has 2 amide bonds. The zero-order valence-corrected chi connectivity index (χ0v) is 30.6. The molecule has 2 aliphatic rings. The summed E-state index contributed by atoms with van der Waals surface area (Å²) in [6.45, 7) is 17.7. The summed E-state index contributed by atoms with van der Waals surface area (Å²) in [6.07, 6.45) is 4.36. The van der Waals surface area contributed by atoms with E-state index in [1.807, 2.05) is 26.8 Å². The first-order valence-electron chi connectivity index (χ1n) is 15.7. The molecule has 4 heterocycles. The highest BCUT2D eigenvalue weighted by molar-refractivity contribution is 7.99. The molecule has 254 valence electrons. The first-order valence-corrected chi connectivity index (χ1v) is 20.6. The predicted octanol–water partition coefficient (Wildman–Crippen LogP) is 5.87. The van der Waals surface area contributed by atoms with Crippen molar-refractivity contribution in [3.05, 3.63) is 29.2 Å². The van der Waals surface area contributed by atoms with Crippen molar-refractivity contribution in [1.29, 1.82) is 0 Å². The molecule has 0 bridgehead atoms. The quantitative estimate of drug-likeness (QED) is 0.243. The third-order valence-electron chi connectivity index (χ3n) is 7.91. The van der Waals surface area contributed by atoms with Gasteiger partial charge in [0.1, 0.15) is 22.1 Å². The number of pyridine rings is 1. The molecule has 0 atom stereocenters. The van der Waals surface area contributed by atoms with Crippen molar-refractivity contribution in [2.75, 3.05) is 49.5 Å². The smallest absolute Gasteiger partial charge is 0.409 e. The number of piperidine rings is 1. The summed E-state index contributed by atoms with van der Waals surface area (Å²) in [7, 11) is -1.26. The molecular weight excluding hydrogens is 646 g/mol. The Kier molecular flexibility index (Phi) is 11.7. The lowest BCUT2D eigenvalue weighted by Gasteiger charge is -2.40. The van der Waals surface area contributed by atoms with Gasteiger partial charge in [0.25, 0.3) is 0 Å². The van der Waals surface area contributed by atoms with Gasteiger partial charge in [-0.3, -0.25) is 0 Å². The molecule has 12 nitrogen and oxygen atoms in total. The normalized spacial score (nSPS) is 16.9. The number of ether oxygens (including phenoxy) is 2. The van der Waals surface area contributed by atoms with E-state index < -0.39 is 19.8 Å². The van der Waals surface area contributed by atoms with Crippen LogP contribution in [0.25, 0.3) is 0 Å². The van der Waals surface area contributed by atoms with Crippen molar-refractivity contribution in [1.82, 2.24) is 25.2 Å². The Morgan fingerprint density at radius 2 is 1.89 bits per heavy atom. The van der Waals surface area contributed by atoms with Crippen LogP contribution in [0.2, 0.25) is 30.7 Å². The highest BCUT2D eigenvalue weighted by Gasteiger charge is 2.34. The largest absolute Gasteiger partial charge is 0.450 e. The zero-order valence-electron chi connectivity index (χ0n) is 28.0. The number of carbonyl (C=O) groups is 2. The average Bonchev–Trinajstić information content (AvgIpc) is 2.94. The molecule has 0 aromatic carbocycles. The van der Waals surface area contributed by atoms with Crippen molar-refractivity contribution in [3.63, 3.8) is 0 Å². The number of carbonyl (C=O) groups excluding carboxylic acids is 2. The fraction of sp³-hybridized carbons (Fsp3) is 0.645. The number of halogens is 1. The van der Waals surface area contributed by atoms with E-state index in [9.17, 15) is 14.7 Å². The summed E-state index contributed by atoms with van der Waals surface area (Å²) in [5, 5.41) is 17.5. The maximum Gasteiger partial charge on any atom is 0.409 e. The van der Waals surface area contributed by atoms with E-state index in [4.69, 9.17) is 26.1 Å². The minimum Gasteiger partial charge on any atom is -0.450 e. The lowest BCUT2D eigenvalue weighted by molar-refractivity contribution is 0.0495. The molecule has 46 heavy (non-hydrogen) atoms. The first kappa shape index (κ1) is 36.0. The van der Waals surface area contributed by atoms with Crippen LogP contribution < -0.4 is 15.5 Å². The third-order valence-corrected chi connectivity index (χ3v) is 11.1. The van der Waals surface area contributed by atoms with E-state index in [1.165, 1.54) is 11.8 Å². The van der Waals surface area contributed by atoms with Crippen LogP contribution in [0.5, 0.6) is 0 Å². The summed E-state index contributed by atoms with van der Waals surface area (Å²) in [5.74, 6) is 1.19. The van der Waals surface area contributed by atoms with Gasteiger partial charge in [-0.25, -0.2) is 24.5 Å². The maximum absolute atomic E-state index is 12.3. The summed E-state index contributed by atoms with van der Waals surface area (Å²) in [4.78, 5) is 42.8. The lowest BCUT2D eigenvalue weighted by atomic mass is 9.80. The van der Waals surface area contributed by atoms with Crippen LogP contribution in [-0.2, 0) is 16.1 Å². The van der Waals surface area contributed by atoms with Crippen molar-refractivity contribution >= 4 is 55.3 Å². The number of likely N-dealkylation sites (tertiary alicyclic amines) is 1. The molecule has 4 rings (SSSR count). The predicted molar refractivity (Wildman–Crippen MR) is 184 cm³/mol. The number of amides is 2. The number of nitrogens with zero attached hydrogens (tertiary/aromatic N) is 5. The molecule has 0 unspecified atom stereocenters. The van der Waals surface area contributed by atoms with E-state index in [-0.39, 0.29) is 24.2 Å². The molecule has 3 N–H and O–H groups in total. The van der Waals surface area contributed by atoms with E-state index >= 15 is 0 Å². The number of nitrogens with one attached hydrogen (secondary N) is 2. The van der Waals surface area contributed by atoms with Crippen molar-refractivity contribution in [2.24, 2.45) is 5.41 Å². The number of aromatic nitrogens is 3. The Hall–Kier alpha value is -2.81. The zero-order chi connectivity index (χ0) is 33.7. The van der Waals surface area contributed by atoms with Crippen molar-refractivity contribution < 1.29 is 24.2 Å². The van der Waals surface area contributed by atoms with Gasteiger partial charge < -0.3 is 35.0 Å². The third kappa shape index (κ3) is 10.3. The number of aliphatic hydroxyl groups excluding tert-OH is 1. The number of alkyl carbamates (subject to hydrolysis) is 1. The summed E-state index contributed by atoms with van der Waals surface area (Å²) in [5.41, 5.74) is -0.117. The number of hydrogen-bond acceptors (Lipinski definition) is 11. The van der Waals surface area contributed by atoms with Gasteiger partial charge in [0.15, 0.2) is 5.82 Å². The molecule has 2 aromatic rings. The van der Waals surface area contributed by atoms with Crippen LogP contribution in [0.4, 0.5) is 21.2 Å². The van der Waals surface area contributed by atoms with Crippen LogP contribution in [0.3, 0.4) is 0 Å². The molecule has 2 saturated heterocycles. The summed E-state index contributed by atoms with van der Waals surface area (Å²) in [6, 6.07) is 2.78. The Balaban J connectivity index is 1.30. The van der Waals surface area contributed by atoms with Crippen LogP contribution in [0, 0.1) is 5.41 Å². The molecule has 15 heteroatoms. The van der Waals surface area contributed by atoms with E-state index in [0.717, 1.165) is 36.9 Å². The van der Waals surface area contributed by atoms with Crippen LogP contribution >= 0.6 is 23.4 Å². The van der Waals surface area contributed by atoms with Crippen LogP contribution in [0.15, 0.2) is 28.4 Å². The Morgan fingerprint density at radius 1 is 1.20 bits per heavy atom. The van der Waals surface area contributed by atoms with Crippen LogP contribution in [0.1, 0.15) is 46.2 Å². The molecule has 0 aliphatic carbocycles. The lowest BCUT2D eigenvalue weighted by Crippen LogP contribution is -2.57. The van der Waals surface area contributed by atoms with E-state index in [0.29, 0.717) is 53.6 Å². The topological polar surface area (TPSA) is 142 Å². The standard InChI is InChI=1S/C31H48ClN7O5SSi/c1-30(2,3)44-28(41)35-20-31(4)9-12-38(13-10-31)27-22(19-40)37-24(16-34-27)45-23-8-11-33-26(25(23)32)36-21-17-39(18-21)29(42)43-14-15-46(5,6)7/h8,11,16,21,40H,9-10,12-15,17-20H2,1-7H3,(H,33,36)(H,35,41). The molecule has 0 saturated carbocycles. The first-order chi connectivity index (χ1) is 21.5. The van der Waals surface area contributed by atoms with Crippen LogP contribution in [-0.4, -0.2) is 96.2 Å². The average molecular weight is 694 g/mol. The summed E-state index contributed by atoms with van der Waals surface area (Å²) < 4.78 is 10.8. The summed E-state index contributed by atoms with van der Waals surface area (Å²) >= 11 is 8.08. The second-order valence-electron chi connectivity index (χ2n) is 14.5. The maximum atomic E-state index is 12.3. The minimum absolute atomic E-state index is 0.0225. The number of aliphatic hydroxyl groups is 1. The minimum atomic E-state index is -1.26. The molecule has 0 radical (unpaired) electrons. The van der Waals surface area contributed by atoms with Gasteiger partial charge in [-0.05, 0) is 51.1 Å². The molecule has 2 fully saturated rings. The van der Waals surface area contributed by atoms with Gasteiger partial charge in [0, 0.05) is 51.9 Å². The second kappa shape index (κ2) is 15.0. The molecule has 2 aliphatic heterocycles. The fourth-order valence-corrected chi connectivity index (χ4v) is 6.82. The SMILES string of the molecule is CC1(CNC(=O)OC(C)(C)C)CCN(c2ncc(Sc3ccnc(NC4CN(C(=O)OCC[Si](C)(C)C)C4)c3Cl)nc2CO)CC1. The Bertz CT molecular complexity index is 1380. The molecule has 2 aromatic heterocycles. The monoisotopic (exact) mass is 693 g/mol. The number of anilines is 2. The van der Waals surface area contributed by atoms with Crippen molar-refractivity contribution in [3.8, 4) is 0 Å². The van der Waals surface area contributed by atoms with Gasteiger partial charge >= 0.3 is 12.2 Å². The van der Waals surface area contributed by atoms with E-state index in [1.54, 1.807) is 17.3 Å². The fourth-order valence-electron chi connectivity index (χ4n) is 5.02. The van der Waals surface area contributed by atoms with Gasteiger partial charge in [-0.15, -0.1) is 0 Å². The van der Waals surface area contributed by atoms with E-state index in [2.05, 4.69) is 52.1 Å². The van der Waals surface area contributed by atoms with Crippen molar-refractivity contribution in [2.45, 2.75) is 94.4 Å². The highest BCUT2D eigenvalue weighted by atomic mass is 35.5. The Morgan fingerprint density at radius 3 is 2.52 bits per heavy atom. The van der Waals surface area contributed by atoms with Gasteiger partial charge in [-0.2, -0.15) is 0 Å². The number of rotatable bonds is 11. The van der Waals surface area contributed by atoms with Gasteiger partial charge in [-0.1, -0.05) is 49.9 Å². The Labute approximate surface area is 282 Å². The molecule has 0 spiro atoms. The highest BCUT2D eigenvalue weighted by Crippen LogP contribution is 2.38. The molecular formula is C31H48ClN7O5SSi. The number of hydrogen-bond donors (Lipinski definition) is 3. The van der Waals surface area contributed by atoms with Gasteiger partial charge in [0.05, 0.1) is 30.5 Å².